The molecule has 0 aliphatic heterocycles. The van der Waals surface area contributed by atoms with Crippen LogP contribution in [-0.2, 0) is 9.36 Å². The average Bonchev–Trinajstić information content (AvgIpc) is 1.85. The van der Waals surface area contributed by atoms with E-state index in [-0.39, 0.29) is 5.57 Å². The summed E-state index contributed by atoms with van der Waals surface area (Å²) in [6.07, 6.45) is 0. The van der Waals surface area contributed by atoms with Crippen molar-refractivity contribution in [3.05, 3.63) is 12.2 Å². The van der Waals surface area contributed by atoms with Crippen molar-refractivity contribution in [2.45, 2.75) is 19.6 Å². The van der Waals surface area contributed by atoms with Gasteiger partial charge in [0.1, 0.15) is 5.78 Å². The molecule has 0 radical (unpaired) electrons. The van der Waals surface area contributed by atoms with E-state index in [9.17, 15) is 9.36 Å². The summed E-state index contributed by atoms with van der Waals surface area (Å²) < 4.78 is 10.5. The van der Waals surface area contributed by atoms with Gasteiger partial charge in [-0.25, -0.2) is 0 Å². The van der Waals surface area contributed by atoms with Crippen molar-refractivity contribution in [2.75, 3.05) is 0 Å². The van der Waals surface area contributed by atoms with E-state index in [1.165, 1.54) is 13.8 Å². The molecular weight excluding hydrogens is 181 g/mol. The van der Waals surface area contributed by atoms with Crippen molar-refractivity contribution in [1.82, 2.24) is 5.32 Å². The van der Waals surface area contributed by atoms with Gasteiger partial charge in [0, 0.05) is 5.57 Å². The second kappa shape index (κ2) is 3.85. The highest BCUT2D eigenvalue weighted by Gasteiger charge is 2.25. The van der Waals surface area contributed by atoms with Gasteiger partial charge in [-0.1, -0.05) is 6.58 Å². The lowest BCUT2D eigenvalue weighted by Gasteiger charge is -2.14. The Morgan fingerprint density at radius 2 is 2.00 bits per heavy atom. The third-order valence-electron chi connectivity index (χ3n) is 1.23. The zero-order chi connectivity index (χ0) is 9.94. The molecule has 3 N–H and O–H groups in total. The topological polar surface area (TPSA) is 86.6 Å². The number of carbonyl (C=O) groups excluding carboxylic acids is 1. The number of hydrogen-bond acceptors (Lipinski definition) is 2. The van der Waals surface area contributed by atoms with Crippen LogP contribution in [0.4, 0.5) is 0 Å². The molecule has 0 aliphatic carbocycles. The summed E-state index contributed by atoms with van der Waals surface area (Å²) in [5.74, 6) is -1.72. The fraction of sp³-hybridized carbons (Fsp3) is 0.500. The van der Waals surface area contributed by atoms with E-state index in [0.717, 1.165) is 0 Å². The van der Waals surface area contributed by atoms with E-state index in [1.807, 2.05) is 0 Å². The zero-order valence-corrected chi connectivity index (χ0v) is 7.84. The predicted octanol–water partition coefficient (Wildman–Crippen LogP) is 0.202. The van der Waals surface area contributed by atoms with Crippen molar-refractivity contribution < 1.29 is 19.1 Å². The smallest absolute Gasteiger partial charge is 0.338 e. The lowest BCUT2D eigenvalue weighted by molar-refractivity contribution is -0.117. The molecule has 1 atom stereocenters. The Morgan fingerprint density at radius 3 is 2.25 bits per heavy atom. The molecule has 1 unspecified atom stereocenters. The van der Waals surface area contributed by atoms with Crippen LogP contribution in [0.15, 0.2) is 12.2 Å². The molecule has 12 heavy (non-hydrogen) atoms. The summed E-state index contributed by atoms with van der Waals surface area (Å²) in [5.41, 5.74) is 0.218. The highest BCUT2D eigenvalue weighted by molar-refractivity contribution is 7.52. The second-order valence-electron chi connectivity index (χ2n) is 2.52. The van der Waals surface area contributed by atoms with Gasteiger partial charge in [0.15, 0.2) is 0 Å². The molecule has 6 heteroatoms. The molecule has 0 heterocycles. The van der Waals surface area contributed by atoms with Gasteiger partial charge in [0.05, 0.1) is 0 Å². The van der Waals surface area contributed by atoms with Crippen LogP contribution in [0.25, 0.3) is 0 Å². The maximum atomic E-state index is 10.8. The summed E-state index contributed by atoms with van der Waals surface area (Å²) in [6.45, 7) is 6.02. The molecule has 1 amide bonds. The Balaban J connectivity index is 4.21. The van der Waals surface area contributed by atoms with E-state index < -0.39 is 19.3 Å². The summed E-state index contributed by atoms with van der Waals surface area (Å²) in [4.78, 5) is 28.0. The van der Waals surface area contributed by atoms with Crippen LogP contribution in [0.1, 0.15) is 13.8 Å². The van der Waals surface area contributed by atoms with E-state index in [2.05, 4.69) is 11.9 Å². The van der Waals surface area contributed by atoms with E-state index >= 15 is 0 Å². The van der Waals surface area contributed by atoms with Crippen molar-refractivity contribution in [2.24, 2.45) is 0 Å². The van der Waals surface area contributed by atoms with Crippen LogP contribution < -0.4 is 5.32 Å². The van der Waals surface area contributed by atoms with Crippen molar-refractivity contribution in [3.63, 3.8) is 0 Å². The van der Waals surface area contributed by atoms with E-state index in [0.29, 0.717) is 0 Å². The lowest BCUT2D eigenvalue weighted by atomic mass is 10.3. The molecule has 0 aromatic rings. The molecule has 5 nitrogen and oxygen atoms in total. The molecular formula is C6H12NO4P. The summed E-state index contributed by atoms with van der Waals surface area (Å²) in [7, 11) is -4.22. The van der Waals surface area contributed by atoms with Gasteiger partial charge in [0.2, 0.25) is 5.91 Å². The molecule has 0 fully saturated rings. The number of nitrogens with one attached hydrogen (secondary N) is 1. The first-order valence-corrected chi connectivity index (χ1v) is 4.95. The normalized spacial score (nSPS) is 13.7. The van der Waals surface area contributed by atoms with Crippen LogP contribution in [-0.4, -0.2) is 21.5 Å². The molecule has 0 rings (SSSR count). The fourth-order valence-electron chi connectivity index (χ4n) is 0.397. The number of amides is 1. The van der Waals surface area contributed by atoms with E-state index in [4.69, 9.17) is 9.79 Å². The molecule has 0 bridgehead atoms. The van der Waals surface area contributed by atoms with E-state index in [1.54, 1.807) is 0 Å². The zero-order valence-electron chi connectivity index (χ0n) is 6.94. The van der Waals surface area contributed by atoms with Gasteiger partial charge in [-0.3, -0.25) is 9.36 Å². The Morgan fingerprint density at radius 1 is 1.58 bits per heavy atom. The summed E-state index contributed by atoms with van der Waals surface area (Å²) >= 11 is 0. The minimum atomic E-state index is -4.22. The Kier molecular flexibility index (Phi) is 3.64. The van der Waals surface area contributed by atoms with Gasteiger partial charge in [-0.2, -0.15) is 0 Å². The van der Waals surface area contributed by atoms with Gasteiger partial charge < -0.3 is 15.1 Å². The third-order valence-corrected chi connectivity index (χ3v) is 2.37. The van der Waals surface area contributed by atoms with Crippen LogP contribution in [0.2, 0.25) is 0 Å². The molecule has 0 spiro atoms. The Hall–Kier alpha value is -0.640. The average molecular weight is 193 g/mol. The van der Waals surface area contributed by atoms with Crippen LogP contribution in [0.3, 0.4) is 0 Å². The summed E-state index contributed by atoms with van der Waals surface area (Å²) in [5, 5.41) is 2.12. The summed E-state index contributed by atoms with van der Waals surface area (Å²) in [6, 6.07) is 0. The number of hydrogen-bond donors (Lipinski definition) is 3. The molecule has 0 saturated heterocycles. The van der Waals surface area contributed by atoms with Gasteiger partial charge in [-0.15, -0.1) is 0 Å². The largest absolute Gasteiger partial charge is 0.347 e. The quantitative estimate of drug-likeness (QED) is 0.441. The van der Waals surface area contributed by atoms with Gasteiger partial charge >= 0.3 is 7.60 Å². The molecule has 0 saturated carbocycles. The highest BCUT2D eigenvalue weighted by atomic mass is 31.2. The predicted molar refractivity (Wildman–Crippen MR) is 44.5 cm³/mol. The third kappa shape index (κ3) is 3.67. The first-order chi connectivity index (χ1) is 5.25. The second-order valence-corrected chi connectivity index (χ2v) is 4.47. The van der Waals surface area contributed by atoms with Gasteiger partial charge in [-0.05, 0) is 13.8 Å². The molecule has 0 aliphatic rings. The monoisotopic (exact) mass is 193 g/mol. The first-order valence-electron chi connectivity index (χ1n) is 3.26. The van der Waals surface area contributed by atoms with Crippen molar-refractivity contribution in [3.8, 4) is 0 Å². The lowest BCUT2D eigenvalue weighted by Crippen LogP contribution is -2.32. The fourth-order valence-corrected chi connectivity index (χ4v) is 0.682. The van der Waals surface area contributed by atoms with Crippen molar-refractivity contribution in [1.29, 1.82) is 0 Å². The van der Waals surface area contributed by atoms with Gasteiger partial charge in [0.25, 0.3) is 0 Å². The van der Waals surface area contributed by atoms with Crippen LogP contribution >= 0.6 is 7.60 Å². The minimum Gasteiger partial charge on any atom is -0.338 e. The highest BCUT2D eigenvalue weighted by Crippen LogP contribution is 2.39. The SMILES string of the molecule is C=C(C)C(=O)NC(C)P(=O)(O)O. The molecule has 0 aromatic heterocycles. The Bertz CT molecular complexity index is 244. The number of rotatable bonds is 3. The molecule has 70 valence electrons. The maximum absolute atomic E-state index is 10.8. The van der Waals surface area contributed by atoms with Crippen LogP contribution in [0.5, 0.6) is 0 Å². The molecule has 0 aromatic carbocycles. The van der Waals surface area contributed by atoms with Crippen LogP contribution in [0, 0.1) is 0 Å². The Labute approximate surface area is 70.6 Å². The van der Waals surface area contributed by atoms with Crippen molar-refractivity contribution >= 4 is 13.5 Å². The number of carbonyl (C=O) groups is 1. The minimum absolute atomic E-state index is 0.218. The maximum Gasteiger partial charge on any atom is 0.347 e. The first kappa shape index (κ1) is 11.4. The standard InChI is InChI=1S/C6H12NO4P/c1-4(2)6(8)7-5(3)12(9,10)11/h5H,1H2,2-3H3,(H,7,8)(H2,9,10,11).